The molecule has 1 atom stereocenters. The first kappa shape index (κ1) is 14.1. The Hall–Kier alpha value is -0.870. The summed E-state index contributed by atoms with van der Waals surface area (Å²) in [5.74, 6) is 0. The highest BCUT2D eigenvalue weighted by molar-refractivity contribution is 5.24. The van der Waals surface area contributed by atoms with Crippen molar-refractivity contribution in [2.45, 2.75) is 51.0 Å². The lowest BCUT2D eigenvalue weighted by Crippen LogP contribution is -2.33. The van der Waals surface area contributed by atoms with Crippen LogP contribution < -0.4 is 5.32 Å². The second kappa shape index (κ2) is 6.72. The molecule has 4 nitrogen and oxygen atoms in total. The van der Waals surface area contributed by atoms with Crippen molar-refractivity contribution in [3.8, 4) is 0 Å². The summed E-state index contributed by atoms with van der Waals surface area (Å²) < 4.78 is 2.05. The average molecular weight is 276 g/mol. The van der Waals surface area contributed by atoms with E-state index in [9.17, 15) is 0 Å². The lowest BCUT2D eigenvalue weighted by Gasteiger charge is -2.27. The SMILES string of the molecule is Cn1ncc2c1CCCC2NCCCN1CCCCC1. The predicted octanol–water partition coefficient (Wildman–Crippen LogP) is 2.26. The molecule has 3 rings (SSSR count). The molecule has 2 aliphatic rings. The lowest BCUT2D eigenvalue weighted by atomic mass is 9.93. The van der Waals surface area contributed by atoms with Gasteiger partial charge in [0.25, 0.3) is 0 Å². The van der Waals surface area contributed by atoms with Crippen LogP contribution in [0.4, 0.5) is 0 Å². The Kier molecular flexibility index (Phi) is 4.73. The minimum Gasteiger partial charge on any atom is -0.310 e. The molecular formula is C16H28N4. The average Bonchev–Trinajstić information content (AvgIpc) is 2.87. The predicted molar refractivity (Wildman–Crippen MR) is 81.8 cm³/mol. The van der Waals surface area contributed by atoms with Gasteiger partial charge in [0.2, 0.25) is 0 Å². The standard InChI is InChI=1S/C16H28N4/c1-19-16-8-5-7-15(14(16)13-18-19)17-9-6-12-20-10-3-2-4-11-20/h13,15,17H,2-12H2,1H3. The topological polar surface area (TPSA) is 33.1 Å². The zero-order valence-corrected chi connectivity index (χ0v) is 12.8. The number of hydrogen-bond acceptors (Lipinski definition) is 3. The molecule has 1 fully saturated rings. The van der Waals surface area contributed by atoms with Crippen molar-refractivity contribution in [3.63, 3.8) is 0 Å². The van der Waals surface area contributed by atoms with E-state index in [1.807, 2.05) is 0 Å². The first-order chi connectivity index (χ1) is 9.84. The molecule has 1 N–H and O–H groups in total. The zero-order valence-electron chi connectivity index (χ0n) is 12.8. The summed E-state index contributed by atoms with van der Waals surface area (Å²) in [5.41, 5.74) is 2.88. The normalized spacial score (nSPS) is 23.8. The molecule has 0 aromatic carbocycles. The van der Waals surface area contributed by atoms with Crippen LogP contribution in [0.15, 0.2) is 6.20 Å². The highest BCUT2D eigenvalue weighted by Gasteiger charge is 2.22. The number of nitrogens with one attached hydrogen (secondary N) is 1. The van der Waals surface area contributed by atoms with Crippen molar-refractivity contribution in [1.29, 1.82) is 0 Å². The molecule has 112 valence electrons. The molecule has 1 saturated heterocycles. The van der Waals surface area contributed by atoms with Gasteiger partial charge in [0, 0.05) is 24.3 Å². The summed E-state index contributed by atoms with van der Waals surface area (Å²) in [5, 5.41) is 8.17. The van der Waals surface area contributed by atoms with Crippen molar-refractivity contribution in [2.24, 2.45) is 7.05 Å². The molecule has 1 aromatic heterocycles. The number of hydrogen-bond donors (Lipinski definition) is 1. The molecule has 1 aliphatic carbocycles. The van der Waals surface area contributed by atoms with E-state index in [0.717, 1.165) is 6.54 Å². The summed E-state index contributed by atoms with van der Waals surface area (Å²) in [6.07, 6.45) is 11.3. The van der Waals surface area contributed by atoms with Crippen molar-refractivity contribution >= 4 is 0 Å². The maximum atomic E-state index is 4.42. The number of likely N-dealkylation sites (tertiary alicyclic amines) is 1. The Labute approximate surface area is 122 Å². The van der Waals surface area contributed by atoms with E-state index in [4.69, 9.17) is 0 Å². The van der Waals surface area contributed by atoms with Gasteiger partial charge >= 0.3 is 0 Å². The van der Waals surface area contributed by atoms with Crippen LogP contribution in [0.2, 0.25) is 0 Å². The van der Waals surface area contributed by atoms with Crippen molar-refractivity contribution < 1.29 is 0 Å². The van der Waals surface area contributed by atoms with E-state index in [-0.39, 0.29) is 0 Å². The summed E-state index contributed by atoms with van der Waals surface area (Å²) >= 11 is 0. The van der Waals surface area contributed by atoms with Crippen molar-refractivity contribution in [1.82, 2.24) is 20.0 Å². The molecule has 2 heterocycles. The maximum absolute atomic E-state index is 4.42. The van der Waals surface area contributed by atoms with Crippen LogP contribution in [0.5, 0.6) is 0 Å². The van der Waals surface area contributed by atoms with Gasteiger partial charge in [-0.05, 0) is 64.7 Å². The van der Waals surface area contributed by atoms with Gasteiger partial charge in [-0.15, -0.1) is 0 Å². The number of fused-ring (bicyclic) bond motifs is 1. The van der Waals surface area contributed by atoms with Gasteiger partial charge in [-0.25, -0.2) is 0 Å². The molecule has 0 spiro atoms. The third-order valence-electron chi connectivity index (χ3n) is 4.87. The molecule has 0 amide bonds. The van der Waals surface area contributed by atoms with E-state index in [1.54, 1.807) is 0 Å². The Morgan fingerprint density at radius 1 is 1.25 bits per heavy atom. The Bertz CT molecular complexity index is 420. The third kappa shape index (κ3) is 3.23. The quantitative estimate of drug-likeness (QED) is 0.838. The zero-order chi connectivity index (χ0) is 13.8. The van der Waals surface area contributed by atoms with Gasteiger partial charge in [-0.2, -0.15) is 5.10 Å². The Morgan fingerprint density at radius 2 is 2.10 bits per heavy atom. The first-order valence-electron chi connectivity index (χ1n) is 8.31. The second-order valence-corrected chi connectivity index (χ2v) is 6.33. The largest absolute Gasteiger partial charge is 0.310 e. The van der Waals surface area contributed by atoms with Crippen LogP contribution in [-0.4, -0.2) is 40.9 Å². The van der Waals surface area contributed by atoms with E-state index in [2.05, 4.69) is 33.2 Å². The number of aryl methyl sites for hydroxylation is 1. The van der Waals surface area contributed by atoms with Crippen molar-refractivity contribution in [3.05, 3.63) is 17.5 Å². The fourth-order valence-electron chi connectivity index (χ4n) is 3.68. The number of nitrogens with zero attached hydrogens (tertiary/aromatic N) is 3. The van der Waals surface area contributed by atoms with Crippen LogP contribution in [-0.2, 0) is 13.5 Å². The molecule has 1 aliphatic heterocycles. The number of aromatic nitrogens is 2. The van der Waals surface area contributed by atoms with Crippen molar-refractivity contribution in [2.75, 3.05) is 26.2 Å². The van der Waals surface area contributed by atoms with Gasteiger partial charge in [-0.3, -0.25) is 4.68 Å². The Morgan fingerprint density at radius 3 is 2.95 bits per heavy atom. The molecule has 20 heavy (non-hydrogen) atoms. The van der Waals surface area contributed by atoms with E-state index in [1.165, 1.54) is 75.8 Å². The second-order valence-electron chi connectivity index (χ2n) is 6.33. The minimum absolute atomic E-state index is 0.536. The minimum atomic E-state index is 0.536. The smallest absolute Gasteiger partial charge is 0.0540 e. The Balaban J connectivity index is 1.42. The lowest BCUT2D eigenvalue weighted by molar-refractivity contribution is 0.224. The molecule has 1 aromatic rings. The number of piperidine rings is 1. The fourth-order valence-corrected chi connectivity index (χ4v) is 3.68. The third-order valence-corrected chi connectivity index (χ3v) is 4.87. The van der Waals surface area contributed by atoms with Crippen LogP contribution in [0, 0.1) is 0 Å². The fraction of sp³-hybridized carbons (Fsp3) is 0.812. The van der Waals surface area contributed by atoms with Gasteiger partial charge in [0.05, 0.1) is 6.20 Å². The molecule has 0 saturated carbocycles. The molecular weight excluding hydrogens is 248 g/mol. The molecule has 4 heteroatoms. The maximum Gasteiger partial charge on any atom is 0.0540 e. The van der Waals surface area contributed by atoms with Gasteiger partial charge in [0.15, 0.2) is 0 Å². The van der Waals surface area contributed by atoms with Crippen LogP contribution in [0.3, 0.4) is 0 Å². The monoisotopic (exact) mass is 276 g/mol. The van der Waals surface area contributed by atoms with Crippen LogP contribution >= 0.6 is 0 Å². The highest BCUT2D eigenvalue weighted by Crippen LogP contribution is 2.28. The van der Waals surface area contributed by atoms with E-state index < -0.39 is 0 Å². The van der Waals surface area contributed by atoms with E-state index in [0.29, 0.717) is 6.04 Å². The van der Waals surface area contributed by atoms with E-state index >= 15 is 0 Å². The highest BCUT2D eigenvalue weighted by atomic mass is 15.3. The summed E-state index contributed by atoms with van der Waals surface area (Å²) in [6.45, 7) is 5.03. The van der Waals surface area contributed by atoms with Gasteiger partial charge < -0.3 is 10.2 Å². The number of rotatable bonds is 5. The summed E-state index contributed by atoms with van der Waals surface area (Å²) in [4.78, 5) is 2.63. The van der Waals surface area contributed by atoms with Crippen LogP contribution in [0.25, 0.3) is 0 Å². The van der Waals surface area contributed by atoms with Crippen LogP contribution in [0.1, 0.15) is 55.8 Å². The van der Waals surface area contributed by atoms with Gasteiger partial charge in [0.1, 0.15) is 0 Å². The summed E-state index contributed by atoms with van der Waals surface area (Å²) in [6, 6.07) is 0.536. The van der Waals surface area contributed by atoms with Gasteiger partial charge in [-0.1, -0.05) is 6.42 Å². The molecule has 0 radical (unpaired) electrons. The summed E-state index contributed by atoms with van der Waals surface area (Å²) in [7, 11) is 2.07. The molecule has 1 unspecified atom stereocenters. The first-order valence-corrected chi connectivity index (χ1v) is 8.31. The molecule has 0 bridgehead atoms.